The SMILES string of the molecule is C.CCCCCO[SiH2]CCCOCC1CO1. The molecule has 0 aromatic heterocycles. The van der Waals surface area contributed by atoms with Gasteiger partial charge in [0.25, 0.3) is 0 Å². The van der Waals surface area contributed by atoms with E-state index < -0.39 is 0 Å². The topological polar surface area (TPSA) is 31.0 Å². The van der Waals surface area contributed by atoms with Crippen molar-refractivity contribution in [1.29, 1.82) is 0 Å². The van der Waals surface area contributed by atoms with Gasteiger partial charge in [0.15, 0.2) is 9.76 Å². The van der Waals surface area contributed by atoms with Crippen LogP contribution in [0.4, 0.5) is 0 Å². The van der Waals surface area contributed by atoms with Gasteiger partial charge in [-0.3, -0.25) is 0 Å². The molecule has 0 aromatic rings. The van der Waals surface area contributed by atoms with E-state index in [-0.39, 0.29) is 17.2 Å². The zero-order valence-corrected chi connectivity index (χ0v) is 11.3. The lowest BCUT2D eigenvalue weighted by Gasteiger charge is -2.03. The molecule has 0 saturated carbocycles. The van der Waals surface area contributed by atoms with Crippen LogP contribution in [0.15, 0.2) is 0 Å². The van der Waals surface area contributed by atoms with Crippen molar-refractivity contribution in [1.82, 2.24) is 0 Å². The van der Waals surface area contributed by atoms with E-state index in [4.69, 9.17) is 13.9 Å². The van der Waals surface area contributed by atoms with E-state index in [0.29, 0.717) is 6.10 Å². The van der Waals surface area contributed by atoms with Crippen molar-refractivity contribution in [2.45, 2.75) is 52.2 Å². The van der Waals surface area contributed by atoms with Crippen molar-refractivity contribution in [2.75, 3.05) is 26.4 Å². The molecular formula is C12H28O3Si. The van der Waals surface area contributed by atoms with Crippen LogP contribution in [-0.4, -0.2) is 42.3 Å². The van der Waals surface area contributed by atoms with E-state index >= 15 is 0 Å². The molecular weight excluding hydrogens is 220 g/mol. The van der Waals surface area contributed by atoms with Gasteiger partial charge in [-0.25, -0.2) is 0 Å². The summed E-state index contributed by atoms with van der Waals surface area (Å²) in [7, 11) is -0.260. The molecule has 98 valence electrons. The van der Waals surface area contributed by atoms with Crippen molar-refractivity contribution in [3.05, 3.63) is 0 Å². The van der Waals surface area contributed by atoms with Gasteiger partial charge in [0.1, 0.15) is 6.10 Å². The Balaban J connectivity index is 0.00000225. The largest absolute Gasteiger partial charge is 0.424 e. The van der Waals surface area contributed by atoms with Crippen LogP contribution in [0.25, 0.3) is 0 Å². The summed E-state index contributed by atoms with van der Waals surface area (Å²) < 4.78 is 16.1. The molecule has 16 heavy (non-hydrogen) atoms. The van der Waals surface area contributed by atoms with Crippen LogP contribution in [0, 0.1) is 0 Å². The van der Waals surface area contributed by atoms with Gasteiger partial charge in [0.05, 0.1) is 13.2 Å². The van der Waals surface area contributed by atoms with Gasteiger partial charge in [-0.15, -0.1) is 0 Å². The molecule has 0 bridgehead atoms. The molecule has 1 saturated heterocycles. The average molecular weight is 248 g/mol. The van der Waals surface area contributed by atoms with E-state index in [0.717, 1.165) is 32.8 Å². The average Bonchev–Trinajstić information content (AvgIpc) is 3.05. The van der Waals surface area contributed by atoms with Crippen LogP contribution >= 0.6 is 0 Å². The first-order chi connectivity index (χ1) is 7.43. The van der Waals surface area contributed by atoms with Crippen LogP contribution < -0.4 is 0 Å². The highest BCUT2D eigenvalue weighted by molar-refractivity contribution is 6.26. The molecule has 0 spiro atoms. The predicted octanol–water partition coefficient (Wildman–Crippen LogP) is 2.14. The Morgan fingerprint density at radius 3 is 2.75 bits per heavy atom. The normalized spacial score (nSPS) is 18.9. The summed E-state index contributed by atoms with van der Waals surface area (Å²) in [5, 5.41) is 0. The van der Waals surface area contributed by atoms with E-state index in [1.54, 1.807) is 0 Å². The maximum Gasteiger partial charge on any atom is 0.161 e. The summed E-state index contributed by atoms with van der Waals surface area (Å²) in [6, 6.07) is 1.25. The molecule has 1 atom stereocenters. The fourth-order valence-electron chi connectivity index (χ4n) is 1.34. The van der Waals surface area contributed by atoms with Crippen LogP contribution in [0.5, 0.6) is 0 Å². The molecule has 1 heterocycles. The first-order valence-electron chi connectivity index (χ1n) is 6.20. The lowest BCUT2D eigenvalue weighted by atomic mass is 10.3. The fourth-order valence-corrected chi connectivity index (χ4v) is 2.36. The van der Waals surface area contributed by atoms with E-state index in [9.17, 15) is 0 Å². The Bertz CT molecular complexity index is 140. The lowest BCUT2D eigenvalue weighted by molar-refractivity contribution is 0.116. The minimum Gasteiger partial charge on any atom is -0.424 e. The van der Waals surface area contributed by atoms with E-state index in [1.807, 2.05) is 0 Å². The number of rotatable bonds is 11. The van der Waals surface area contributed by atoms with Crippen molar-refractivity contribution >= 4 is 9.76 Å². The smallest absolute Gasteiger partial charge is 0.161 e. The Morgan fingerprint density at radius 1 is 1.25 bits per heavy atom. The summed E-state index contributed by atoms with van der Waals surface area (Å²) in [5.41, 5.74) is 0. The Hall–Kier alpha value is 0.0969. The van der Waals surface area contributed by atoms with Crippen LogP contribution in [-0.2, 0) is 13.9 Å². The molecule has 0 aliphatic carbocycles. The fraction of sp³-hybridized carbons (Fsp3) is 1.00. The molecule has 1 rings (SSSR count). The first kappa shape index (κ1) is 16.1. The van der Waals surface area contributed by atoms with Gasteiger partial charge < -0.3 is 13.9 Å². The Kier molecular flexibility index (Phi) is 11.6. The standard InChI is InChI=1S/C11H24O3Si.CH4/c1-2-3-4-7-14-15-8-5-6-12-9-11-10-13-11;/h11H,2-10,15H2,1H3;1H4. The highest BCUT2D eigenvalue weighted by Crippen LogP contribution is 2.08. The summed E-state index contributed by atoms with van der Waals surface area (Å²) in [6.07, 6.45) is 5.39. The highest BCUT2D eigenvalue weighted by atomic mass is 28.2. The third-order valence-electron chi connectivity index (χ3n) is 2.43. The number of ether oxygens (including phenoxy) is 2. The van der Waals surface area contributed by atoms with Crippen LogP contribution in [0.2, 0.25) is 6.04 Å². The third-order valence-corrected chi connectivity index (χ3v) is 3.79. The highest BCUT2D eigenvalue weighted by Gasteiger charge is 2.21. The molecule has 1 fully saturated rings. The van der Waals surface area contributed by atoms with Crippen molar-refractivity contribution in [2.24, 2.45) is 0 Å². The minimum atomic E-state index is -0.260. The van der Waals surface area contributed by atoms with Crippen LogP contribution in [0.3, 0.4) is 0 Å². The van der Waals surface area contributed by atoms with Gasteiger partial charge >= 0.3 is 0 Å². The minimum absolute atomic E-state index is 0. The molecule has 0 amide bonds. The Labute approximate surface area is 103 Å². The number of unbranched alkanes of at least 4 members (excludes halogenated alkanes) is 2. The molecule has 1 aliphatic rings. The van der Waals surface area contributed by atoms with E-state index in [1.165, 1.54) is 25.3 Å². The predicted molar refractivity (Wildman–Crippen MR) is 70.7 cm³/mol. The van der Waals surface area contributed by atoms with Gasteiger partial charge in [0.2, 0.25) is 0 Å². The molecule has 0 radical (unpaired) electrons. The summed E-state index contributed by atoms with van der Waals surface area (Å²) in [4.78, 5) is 0. The molecule has 1 unspecified atom stereocenters. The van der Waals surface area contributed by atoms with Gasteiger partial charge in [-0.2, -0.15) is 0 Å². The maximum atomic E-state index is 5.63. The number of epoxide rings is 1. The second kappa shape index (κ2) is 11.6. The zero-order chi connectivity index (χ0) is 10.8. The van der Waals surface area contributed by atoms with Crippen molar-refractivity contribution in [3.63, 3.8) is 0 Å². The number of hydrogen-bond acceptors (Lipinski definition) is 3. The van der Waals surface area contributed by atoms with Gasteiger partial charge in [-0.1, -0.05) is 27.2 Å². The van der Waals surface area contributed by atoms with Crippen molar-refractivity contribution in [3.8, 4) is 0 Å². The monoisotopic (exact) mass is 248 g/mol. The maximum absolute atomic E-state index is 5.63. The van der Waals surface area contributed by atoms with Gasteiger partial charge in [0, 0.05) is 13.2 Å². The second-order valence-electron chi connectivity index (χ2n) is 4.06. The molecule has 3 nitrogen and oxygen atoms in total. The third kappa shape index (κ3) is 10.6. The Morgan fingerprint density at radius 2 is 2.06 bits per heavy atom. The van der Waals surface area contributed by atoms with Crippen molar-refractivity contribution < 1.29 is 13.9 Å². The summed E-state index contributed by atoms with van der Waals surface area (Å²) >= 11 is 0. The quantitative estimate of drug-likeness (QED) is 0.319. The molecule has 0 aromatic carbocycles. The molecule has 0 N–H and O–H groups in total. The van der Waals surface area contributed by atoms with Gasteiger partial charge in [-0.05, 0) is 18.9 Å². The summed E-state index contributed by atoms with van der Waals surface area (Å²) in [6.45, 7) is 5.77. The first-order valence-corrected chi connectivity index (χ1v) is 7.78. The summed E-state index contributed by atoms with van der Waals surface area (Å²) in [5.74, 6) is 0. The zero-order valence-electron chi connectivity index (χ0n) is 9.87. The lowest BCUT2D eigenvalue weighted by Crippen LogP contribution is -2.05. The van der Waals surface area contributed by atoms with Crippen LogP contribution in [0.1, 0.15) is 40.0 Å². The molecule has 1 aliphatic heterocycles. The number of hydrogen-bond donors (Lipinski definition) is 0. The van der Waals surface area contributed by atoms with E-state index in [2.05, 4.69) is 6.92 Å². The second-order valence-corrected chi connectivity index (χ2v) is 5.58. The molecule has 4 heteroatoms.